The second-order valence-electron chi connectivity index (χ2n) is 6.93. The van der Waals surface area contributed by atoms with Crippen molar-refractivity contribution in [1.82, 2.24) is 14.9 Å². The van der Waals surface area contributed by atoms with E-state index >= 15 is 0 Å². The molecule has 0 saturated heterocycles. The number of aryl methyl sites for hydroxylation is 3. The lowest BCUT2D eigenvalue weighted by molar-refractivity contribution is 0.405. The summed E-state index contributed by atoms with van der Waals surface area (Å²) in [6, 6.07) is 13.8. The molecular formula is C22H21N3O3. The summed E-state index contributed by atoms with van der Waals surface area (Å²) in [6.07, 6.45) is 0. The van der Waals surface area contributed by atoms with Crippen molar-refractivity contribution in [3.8, 4) is 17.0 Å². The zero-order chi connectivity index (χ0) is 19.8. The number of hydrogen-bond donors (Lipinski definition) is 0. The molecule has 0 bridgehead atoms. The molecule has 6 nitrogen and oxygen atoms in total. The van der Waals surface area contributed by atoms with Crippen molar-refractivity contribution in [3.63, 3.8) is 0 Å². The number of fused-ring (bicyclic) bond motifs is 1. The Hall–Kier alpha value is -3.41. The smallest absolute Gasteiger partial charge is 0.297 e. The molecule has 2 aromatic heterocycles. The normalized spacial score (nSPS) is 11.1. The minimum Gasteiger partial charge on any atom is -0.497 e. The number of rotatable bonds is 4. The zero-order valence-corrected chi connectivity index (χ0v) is 16.3. The Morgan fingerprint density at radius 2 is 1.82 bits per heavy atom. The lowest BCUT2D eigenvalue weighted by Crippen LogP contribution is -2.25. The van der Waals surface area contributed by atoms with E-state index in [0.717, 1.165) is 28.0 Å². The minimum absolute atomic E-state index is 0.259. The van der Waals surface area contributed by atoms with Gasteiger partial charge in [-0.3, -0.25) is 4.79 Å². The third-order valence-corrected chi connectivity index (χ3v) is 4.95. The topological polar surface area (TPSA) is 70.2 Å². The van der Waals surface area contributed by atoms with Crippen LogP contribution >= 0.6 is 0 Å². The minimum atomic E-state index is -0.259. The molecule has 0 saturated carbocycles. The van der Waals surface area contributed by atoms with Crippen molar-refractivity contribution in [1.29, 1.82) is 0 Å². The molecule has 4 rings (SSSR count). The molecule has 4 aromatic rings. The van der Waals surface area contributed by atoms with E-state index in [1.807, 2.05) is 38.1 Å². The largest absolute Gasteiger partial charge is 0.497 e. The first-order valence-electron chi connectivity index (χ1n) is 9.05. The molecule has 0 amide bonds. The SMILES string of the molecule is COc1ccc(-c2nn(Cc3cc(C)ccc3C)c(=O)c3noc(C)c23)cc1. The maximum absolute atomic E-state index is 13.0. The van der Waals surface area contributed by atoms with Gasteiger partial charge in [-0.15, -0.1) is 0 Å². The molecule has 0 radical (unpaired) electrons. The fraction of sp³-hybridized carbons (Fsp3) is 0.227. The maximum Gasteiger partial charge on any atom is 0.297 e. The van der Waals surface area contributed by atoms with Crippen LogP contribution in [0, 0.1) is 20.8 Å². The Morgan fingerprint density at radius 3 is 2.54 bits per heavy atom. The van der Waals surface area contributed by atoms with Gasteiger partial charge in [0.05, 0.1) is 19.0 Å². The Bertz CT molecular complexity index is 1220. The fourth-order valence-corrected chi connectivity index (χ4v) is 3.33. The van der Waals surface area contributed by atoms with Gasteiger partial charge in [0.15, 0.2) is 5.52 Å². The van der Waals surface area contributed by atoms with Gasteiger partial charge in [0.1, 0.15) is 17.2 Å². The summed E-state index contributed by atoms with van der Waals surface area (Å²) in [7, 11) is 1.62. The third kappa shape index (κ3) is 3.07. The Balaban J connectivity index is 1.91. The molecule has 0 spiro atoms. The number of methoxy groups -OCH3 is 1. The van der Waals surface area contributed by atoms with Crippen LogP contribution in [-0.2, 0) is 6.54 Å². The maximum atomic E-state index is 13.0. The summed E-state index contributed by atoms with van der Waals surface area (Å²) in [5.41, 5.74) is 4.88. The van der Waals surface area contributed by atoms with E-state index in [1.54, 1.807) is 14.0 Å². The second kappa shape index (κ2) is 6.96. The highest BCUT2D eigenvalue weighted by Gasteiger charge is 2.19. The molecule has 0 unspecified atom stereocenters. The lowest BCUT2D eigenvalue weighted by Gasteiger charge is -2.11. The second-order valence-corrected chi connectivity index (χ2v) is 6.93. The first kappa shape index (κ1) is 18.0. The predicted octanol–water partition coefficient (Wildman–Crippen LogP) is 4.03. The number of aromatic nitrogens is 3. The van der Waals surface area contributed by atoms with Crippen molar-refractivity contribution in [2.24, 2.45) is 0 Å². The van der Waals surface area contributed by atoms with Gasteiger partial charge >= 0.3 is 0 Å². The van der Waals surface area contributed by atoms with E-state index in [1.165, 1.54) is 4.68 Å². The average molecular weight is 375 g/mol. The monoisotopic (exact) mass is 375 g/mol. The summed E-state index contributed by atoms with van der Waals surface area (Å²) >= 11 is 0. The van der Waals surface area contributed by atoms with Crippen LogP contribution in [0.25, 0.3) is 22.2 Å². The average Bonchev–Trinajstić information content (AvgIpc) is 3.09. The van der Waals surface area contributed by atoms with Gasteiger partial charge in [-0.1, -0.05) is 28.9 Å². The standard InChI is InChI=1S/C22H21N3O3/c1-13-5-6-14(2)17(11-13)12-25-22(26)21-19(15(3)28-24-21)20(23-25)16-7-9-18(27-4)10-8-16/h5-11H,12H2,1-4H3. The number of benzene rings is 2. The number of hydrogen-bond acceptors (Lipinski definition) is 5. The van der Waals surface area contributed by atoms with Crippen LogP contribution in [0.4, 0.5) is 0 Å². The molecule has 0 aliphatic rings. The number of nitrogens with zero attached hydrogens (tertiary/aromatic N) is 3. The van der Waals surface area contributed by atoms with Crippen LogP contribution < -0.4 is 10.3 Å². The fourth-order valence-electron chi connectivity index (χ4n) is 3.33. The highest BCUT2D eigenvalue weighted by atomic mass is 16.5. The predicted molar refractivity (Wildman–Crippen MR) is 108 cm³/mol. The quantitative estimate of drug-likeness (QED) is 0.538. The van der Waals surface area contributed by atoms with Gasteiger partial charge in [0.2, 0.25) is 0 Å². The van der Waals surface area contributed by atoms with Gasteiger partial charge in [-0.05, 0) is 56.2 Å². The van der Waals surface area contributed by atoms with E-state index in [2.05, 4.69) is 28.5 Å². The molecule has 2 aromatic carbocycles. The van der Waals surface area contributed by atoms with Gasteiger partial charge < -0.3 is 9.26 Å². The third-order valence-electron chi connectivity index (χ3n) is 4.95. The Labute approximate surface area is 162 Å². The summed E-state index contributed by atoms with van der Waals surface area (Å²) < 4.78 is 12.0. The first-order valence-corrected chi connectivity index (χ1v) is 9.05. The molecule has 0 fully saturated rings. The van der Waals surface area contributed by atoms with Crippen molar-refractivity contribution in [2.45, 2.75) is 27.3 Å². The van der Waals surface area contributed by atoms with E-state index in [4.69, 9.17) is 9.26 Å². The summed E-state index contributed by atoms with van der Waals surface area (Å²) in [5.74, 6) is 1.33. The summed E-state index contributed by atoms with van der Waals surface area (Å²) in [5, 5.41) is 9.34. The highest BCUT2D eigenvalue weighted by Crippen LogP contribution is 2.28. The van der Waals surface area contributed by atoms with Gasteiger partial charge in [-0.2, -0.15) is 5.10 Å². The molecule has 2 heterocycles. The molecule has 0 aliphatic heterocycles. The molecule has 142 valence electrons. The first-order chi connectivity index (χ1) is 13.5. The Kier molecular flexibility index (Phi) is 4.47. The summed E-state index contributed by atoms with van der Waals surface area (Å²) in [6.45, 7) is 6.23. The van der Waals surface area contributed by atoms with Crippen LogP contribution in [0.5, 0.6) is 5.75 Å². The van der Waals surface area contributed by atoms with Gasteiger partial charge in [-0.25, -0.2) is 4.68 Å². The van der Waals surface area contributed by atoms with E-state index in [-0.39, 0.29) is 5.56 Å². The molecule has 0 atom stereocenters. The van der Waals surface area contributed by atoms with Crippen molar-refractivity contribution in [2.75, 3.05) is 7.11 Å². The van der Waals surface area contributed by atoms with Crippen LogP contribution in [0.2, 0.25) is 0 Å². The molecule has 0 aliphatic carbocycles. The van der Waals surface area contributed by atoms with Crippen molar-refractivity contribution >= 4 is 10.9 Å². The number of ether oxygens (including phenoxy) is 1. The molecular weight excluding hydrogens is 354 g/mol. The van der Waals surface area contributed by atoms with Crippen molar-refractivity contribution < 1.29 is 9.26 Å². The van der Waals surface area contributed by atoms with Crippen LogP contribution in [-0.4, -0.2) is 22.0 Å². The highest BCUT2D eigenvalue weighted by molar-refractivity contribution is 5.93. The van der Waals surface area contributed by atoms with Crippen LogP contribution in [0.1, 0.15) is 22.5 Å². The molecule has 6 heteroatoms. The molecule has 28 heavy (non-hydrogen) atoms. The van der Waals surface area contributed by atoms with Crippen molar-refractivity contribution in [3.05, 3.63) is 75.3 Å². The Morgan fingerprint density at radius 1 is 1.07 bits per heavy atom. The van der Waals surface area contributed by atoms with Crippen LogP contribution in [0.15, 0.2) is 51.8 Å². The lowest BCUT2D eigenvalue weighted by atomic mass is 10.1. The zero-order valence-electron chi connectivity index (χ0n) is 16.3. The summed E-state index contributed by atoms with van der Waals surface area (Å²) in [4.78, 5) is 13.0. The van der Waals surface area contributed by atoms with E-state index in [9.17, 15) is 4.79 Å². The molecule has 0 N–H and O–H groups in total. The van der Waals surface area contributed by atoms with E-state index in [0.29, 0.717) is 28.9 Å². The van der Waals surface area contributed by atoms with Gasteiger partial charge in [0, 0.05) is 5.56 Å². The van der Waals surface area contributed by atoms with Gasteiger partial charge in [0.25, 0.3) is 5.56 Å². The van der Waals surface area contributed by atoms with E-state index < -0.39 is 0 Å². The van der Waals surface area contributed by atoms with Crippen LogP contribution in [0.3, 0.4) is 0 Å².